The smallest absolute Gasteiger partial charge is 0.317 e. The van der Waals surface area contributed by atoms with Crippen LogP contribution in [0.2, 0.25) is 0 Å². The average Bonchev–Trinajstić information content (AvgIpc) is 1.38. The molecular formula is C2H5LaNO2. The van der Waals surface area contributed by atoms with E-state index < -0.39 is 5.97 Å². The minimum atomic E-state index is -0.968. The number of hydrogen-bond acceptors (Lipinski definition) is 2. The molecule has 0 aromatic carbocycles. The van der Waals surface area contributed by atoms with Gasteiger partial charge in [-0.1, -0.05) is 0 Å². The Labute approximate surface area is 63.5 Å². The van der Waals surface area contributed by atoms with Crippen LogP contribution in [0.1, 0.15) is 0 Å². The zero-order chi connectivity index (χ0) is 4.28. The minimum absolute atomic E-state index is 0. The number of carboxylic acid groups (broad SMARTS) is 1. The molecule has 33 valence electrons. The molecule has 0 rings (SSSR count). The quantitative estimate of drug-likeness (QED) is 0.590. The second-order valence-electron chi connectivity index (χ2n) is 0.598. The molecule has 0 spiro atoms. The summed E-state index contributed by atoms with van der Waals surface area (Å²) in [6.07, 6.45) is 0. The van der Waals surface area contributed by atoms with Crippen LogP contribution in [-0.2, 0) is 4.79 Å². The molecule has 6 heavy (non-hydrogen) atoms. The Bertz CT molecular complexity index is 46.8. The van der Waals surface area contributed by atoms with Crippen LogP contribution in [0.3, 0.4) is 0 Å². The van der Waals surface area contributed by atoms with Crippen molar-refractivity contribution in [3.63, 3.8) is 0 Å². The summed E-state index contributed by atoms with van der Waals surface area (Å²) in [5, 5.41) is 7.60. The molecule has 3 N–H and O–H groups in total. The van der Waals surface area contributed by atoms with Crippen molar-refractivity contribution in [3.8, 4) is 0 Å². The van der Waals surface area contributed by atoms with Crippen LogP contribution >= 0.6 is 0 Å². The van der Waals surface area contributed by atoms with Crippen molar-refractivity contribution >= 4 is 5.97 Å². The second-order valence-corrected chi connectivity index (χ2v) is 0.598. The van der Waals surface area contributed by atoms with Gasteiger partial charge in [0.2, 0.25) is 0 Å². The number of rotatable bonds is 1. The van der Waals surface area contributed by atoms with Gasteiger partial charge in [0.15, 0.2) is 0 Å². The third-order valence-electron chi connectivity index (χ3n) is 0.175. The van der Waals surface area contributed by atoms with Crippen LogP contribution in [0.5, 0.6) is 0 Å². The van der Waals surface area contributed by atoms with Crippen molar-refractivity contribution in [3.05, 3.63) is 0 Å². The van der Waals surface area contributed by atoms with Crippen LogP contribution < -0.4 is 5.73 Å². The van der Waals surface area contributed by atoms with E-state index in [-0.39, 0.29) is 42.1 Å². The summed E-state index contributed by atoms with van der Waals surface area (Å²) in [7, 11) is 0. The Kier molecular flexibility index (Phi) is 9.19. The van der Waals surface area contributed by atoms with E-state index in [4.69, 9.17) is 5.11 Å². The Morgan fingerprint density at radius 3 is 2.00 bits per heavy atom. The molecule has 0 aromatic heterocycles. The molecule has 0 aliphatic carbocycles. The van der Waals surface area contributed by atoms with Crippen molar-refractivity contribution in [2.24, 2.45) is 5.73 Å². The number of aliphatic carboxylic acids is 1. The van der Waals surface area contributed by atoms with Crippen LogP contribution in [0, 0.1) is 35.6 Å². The first-order valence-electron chi connectivity index (χ1n) is 1.19. The van der Waals surface area contributed by atoms with Crippen molar-refractivity contribution in [2.45, 2.75) is 0 Å². The topological polar surface area (TPSA) is 63.3 Å². The van der Waals surface area contributed by atoms with Gasteiger partial charge in [0.25, 0.3) is 0 Å². The van der Waals surface area contributed by atoms with Gasteiger partial charge in [0.1, 0.15) is 0 Å². The predicted molar refractivity (Wildman–Crippen MR) is 16.7 cm³/mol. The first-order chi connectivity index (χ1) is 2.27. The maximum atomic E-state index is 9.24. The van der Waals surface area contributed by atoms with Crippen molar-refractivity contribution in [1.82, 2.24) is 0 Å². The molecule has 3 nitrogen and oxygen atoms in total. The van der Waals surface area contributed by atoms with Crippen molar-refractivity contribution < 1.29 is 45.5 Å². The van der Waals surface area contributed by atoms with Gasteiger partial charge in [0, 0.05) is 35.6 Å². The Hall–Kier alpha value is 0.625. The molecule has 0 amide bonds. The van der Waals surface area contributed by atoms with Crippen molar-refractivity contribution in [2.75, 3.05) is 6.54 Å². The van der Waals surface area contributed by atoms with Gasteiger partial charge in [-0.2, -0.15) is 0 Å². The maximum absolute atomic E-state index is 9.24. The Balaban J connectivity index is 0. The van der Waals surface area contributed by atoms with E-state index >= 15 is 0 Å². The van der Waals surface area contributed by atoms with E-state index in [1.54, 1.807) is 0 Å². The van der Waals surface area contributed by atoms with E-state index in [0.717, 1.165) is 0 Å². The number of carbonyl (C=O) groups is 1. The summed E-state index contributed by atoms with van der Waals surface area (Å²) in [6, 6.07) is 0. The van der Waals surface area contributed by atoms with Gasteiger partial charge in [-0.25, -0.2) is 0 Å². The number of carboxylic acids is 1. The van der Waals surface area contributed by atoms with Gasteiger partial charge in [-0.05, 0) is 0 Å². The molecule has 0 unspecified atom stereocenters. The summed E-state index contributed by atoms with van der Waals surface area (Å²) in [5.41, 5.74) is 4.57. The first-order valence-corrected chi connectivity index (χ1v) is 1.19. The van der Waals surface area contributed by atoms with Crippen LogP contribution in [0.25, 0.3) is 0 Å². The van der Waals surface area contributed by atoms with Gasteiger partial charge in [0.05, 0.1) is 6.54 Å². The van der Waals surface area contributed by atoms with E-state index in [1.165, 1.54) is 0 Å². The molecule has 0 saturated heterocycles. The zero-order valence-electron chi connectivity index (χ0n) is 3.22. The molecule has 0 aromatic rings. The summed E-state index contributed by atoms with van der Waals surface area (Å²) in [4.78, 5) is 9.24. The predicted octanol–water partition coefficient (Wildman–Crippen LogP) is -0.970. The molecule has 0 fully saturated rings. The molecule has 0 bridgehead atoms. The molecular weight excluding hydrogens is 209 g/mol. The fourth-order valence-electron chi connectivity index (χ4n) is 0. The number of hydrogen-bond donors (Lipinski definition) is 2. The van der Waals surface area contributed by atoms with Crippen molar-refractivity contribution in [1.29, 1.82) is 0 Å². The van der Waals surface area contributed by atoms with Crippen LogP contribution in [-0.4, -0.2) is 17.6 Å². The van der Waals surface area contributed by atoms with E-state index in [0.29, 0.717) is 0 Å². The third-order valence-corrected chi connectivity index (χ3v) is 0.175. The van der Waals surface area contributed by atoms with Gasteiger partial charge in [-0.15, -0.1) is 0 Å². The third kappa shape index (κ3) is 8.82. The molecule has 0 aliphatic heterocycles. The molecule has 0 heterocycles. The van der Waals surface area contributed by atoms with Gasteiger partial charge in [-0.3, -0.25) is 4.79 Å². The van der Waals surface area contributed by atoms with E-state index in [9.17, 15) is 4.79 Å². The molecule has 0 atom stereocenters. The zero-order valence-corrected chi connectivity index (χ0v) is 6.84. The monoisotopic (exact) mass is 214 g/mol. The largest absolute Gasteiger partial charge is 0.480 e. The van der Waals surface area contributed by atoms with Gasteiger partial charge < -0.3 is 10.8 Å². The Morgan fingerprint density at radius 2 is 2.00 bits per heavy atom. The van der Waals surface area contributed by atoms with E-state index in [1.807, 2.05) is 0 Å². The minimum Gasteiger partial charge on any atom is -0.480 e. The average molecular weight is 214 g/mol. The molecule has 4 heteroatoms. The fraction of sp³-hybridized carbons (Fsp3) is 0.500. The van der Waals surface area contributed by atoms with Gasteiger partial charge >= 0.3 is 5.97 Å². The standard InChI is InChI=1S/C2H5NO2.La/c3-1-2(4)5;/h1,3H2,(H,4,5);. The molecule has 0 aliphatic rings. The summed E-state index contributed by atoms with van der Waals surface area (Å²) >= 11 is 0. The summed E-state index contributed by atoms with van der Waals surface area (Å²) in [5.74, 6) is -0.968. The summed E-state index contributed by atoms with van der Waals surface area (Å²) in [6.45, 7) is -0.278. The number of nitrogens with two attached hydrogens (primary N) is 1. The van der Waals surface area contributed by atoms with Crippen LogP contribution in [0.4, 0.5) is 0 Å². The maximum Gasteiger partial charge on any atom is 0.317 e. The molecule has 0 saturated carbocycles. The SMILES string of the molecule is NCC(=O)O.[La]. The molecule has 1 radical (unpaired) electrons. The summed E-state index contributed by atoms with van der Waals surface area (Å²) < 4.78 is 0. The van der Waals surface area contributed by atoms with Crippen LogP contribution in [0.15, 0.2) is 0 Å². The first kappa shape index (κ1) is 9.80. The second kappa shape index (κ2) is 5.62. The fourth-order valence-corrected chi connectivity index (χ4v) is 0. The van der Waals surface area contributed by atoms with E-state index in [2.05, 4.69) is 5.73 Å². The Morgan fingerprint density at radius 1 is 1.83 bits per heavy atom. The normalized spacial score (nSPS) is 6.17.